The van der Waals surface area contributed by atoms with Crippen molar-refractivity contribution in [3.63, 3.8) is 0 Å². The molecule has 0 aliphatic heterocycles. The zero-order valence-electron chi connectivity index (χ0n) is 17.9. The van der Waals surface area contributed by atoms with Gasteiger partial charge in [-0.2, -0.15) is 0 Å². The summed E-state index contributed by atoms with van der Waals surface area (Å²) in [4.78, 5) is 23.0. The maximum Gasteiger partial charge on any atom is 0.330 e. The average Bonchev–Trinajstić information content (AvgIpc) is 2.56. The van der Waals surface area contributed by atoms with Gasteiger partial charge in [-0.05, 0) is 62.7 Å². The number of esters is 2. The molecule has 0 amide bonds. The van der Waals surface area contributed by atoms with Crippen molar-refractivity contribution < 1.29 is 19.1 Å². The molecule has 2 aliphatic rings. The third-order valence-corrected chi connectivity index (χ3v) is 7.21. The Morgan fingerprint density at radius 2 is 1.89 bits per heavy atom. The van der Waals surface area contributed by atoms with E-state index in [2.05, 4.69) is 27.4 Å². The molecule has 0 spiro atoms. The number of ether oxygens (including phenoxy) is 2. The smallest absolute Gasteiger partial charge is 0.330 e. The van der Waals surface area contributed by atoms with E-state index in [1.165, 1.54) is 19.6 Å². The minimum Gasteiger partial charge on any atom is -0.466 e. The van der Waals surface area contributed by atoms with Crippen LogP contribution in [0.4, 0.5) is 0 Å². The van der Waals surface area contributed by atoms with E-state index in [1.54, 1.807) is 6.08 Å². The van der Waals surface area contributed by atoms with Crippen LogP contribution in [0.25, 0.3) is 0 Å². The average molecular weight is 377 g/mol. The van der Waals surface area contributed by atoms with Crippen molar-refractivity contribution in [2.24, 2.45) is 22.7 Å². The Kier molecular flexibility index (Phi) is 6.59. The summed E-state index contributed by atoms with van der Waals surface area (Å²) < 4.78 is 10.4. The number of allylic oxidation sites excluding steroid dienone is 2. The minimum atomic E-state index is -0.290. The quantitative estimate of drug-likeness (QED) is 0.375. The Balaban J connectivity index is 2.20. The molecule has 2 saturated carbocycles. The van der Waals surface area contributed by atoms with Crippen molar-refractivity contribution in [2.45, 2.75) is 79.2 Å². The van der Waals surface area contributed by atoms with Gasteiger partial charge in [0.2, 0.25) is 0 Å². The van der Waals surface area contributed by atoms with Crippen molar-refractivity contribution in [2.75, 3.05) is 7.11 Å². The molecule has 0 aromatic rings. The highest BCUT2D eigenvalue weighted by Crippen LogP contribution is 2.62. The van der Waals surface area contributed by atoms with E-state index in [0.717, 1.165) is 44.1 Å². The van der Waals surface area contributed by atoms with Crippen LogP contribution in [-0.2, 0) is 19.1 Å². The second kappa shape index (κ2) is 8.20. The first-order chi connectivity index (χ1) is 12.5. The van der Waals surface area contributed by atoms with Gasteiger partial charge >= 0.3 is 11.9 Å². The van der Waals surface area contributed by atoms with E-state index in [4.69, 9.17) is 9.47 Å². The Bertz CT molecular complexity index is 630. The molecule has 4 atom stereocenters. The van der Waals surface area contributed by atoms with Crippen LogP contribution in [0.1, 0.15) is 73.1 Å². The maximum atomic E-state index is 11.6. The van der Waals surface area contributed by atoms with E-state index in [0.29, 0.717) is 11.8 Å². The molecule has 0 aromatic heterocycles. The topological polar surface area (TPSA) is 52.6 Å². The van der Waals surface area contributed by atoms with Gasteiger partial charge in [-0.15, -0.1) is 0 Å². The number of fused-ring (bicyclic) bond motifs is 1. The molecule has 27 heavy (non-hydrogen) atoms. The van der Waals surface area contributed by atoms with Crippen LogP contribution in [0.3, 0.4) is 0 Å². The normalized spacial score (nSPS) is 33.2. The predicted molar refractivity (Wildman–Crippen MR) is 107 cm³/mol. The third kappa shape index (κ3) is 4.47. The first kappa shape index (κ1) is 21.7. The van der Waals surface area contributed by atoms with Crippen LogP contribution in [-0.4, -0.2) is 25.2 Å². The van der Waals surface area contributed by atoms with Crippen LogP contribution in [0.5, 0.6) is 0 Å². The van der Waals surface area contributed by atoms with Gasteiger partial charge in [-0.25, -0.2) is 4.79 Å². The zero-order valence-corrected chi connectivity index (χ0v) is 17.9. The van der Waals surface area contributed by atoms with Crippen LogP contribution < -0.4 is 0 Å². The second-order valence-electron chi connectivity index (χ2n) is 9.32. The van der Waals surface area contributed by atoms with Crippen LogP contribution in [0.15, 0.2) is 23.8 Å². The largest absolute Gasteiger partial charge is 0.466 e. The number of methoxy groups -OCH3 is 1. The summed E-state index contributed by atoms with van der Waals surface area (Å²) in [5.41, 5.74) is 2.49. The first-order valence-corrected chi connectivity index (χ1v) is 10.1. The summed E-state index contributed by atoms with van der Waals surface area (Å²) in [6, 6.07) is 0. The van der Waals surface area contributed by atoms with Crippen LogP contribution in [0.2, 0.25) is 0 Å². The summed E-state index contributed by atoms with van der Waals surface area (Å²) >= 11 is 0. The highest BCUT2D eigenvalue weighted by molar-refractivity contribution is 5.82. The molecule has 4 heteroatoms. The van der Waals surface area contributed by atoms with Crippen molar-refractivity contribution in [1.29, 1.82) is 0 Å². The number of rotatable bonds is 5. The van der Waals surface area contributed by atoms with E-state index < -0.39 is 0 Å². The van der Waals surface area contributed by atoms with Gasteiger partial charge in [-0.1, -0.05) is 38.5 Å². The predicted octanol–water partition coefficient (Wildman–Crippen LogP) is 5.23. The lowest BCUT2D eigenvalue weighted by Gasteiger charge is -2.60. The molecule has 2 rings (SSSR count). The molecule has 2 aliphatic carbocycles. The van der Waals surface area contributed by atoms with Crippen LogP contribution >= 0.6 is 0 Å². The molecular weight excluding hydrogens is 340 g/mol. The van der Waals surface area contributed by atoms with Gasteiger partial charge in [0, 0.05) is 18.4 Å². The molecule has 4 nitrogen and oxygen atoms in total. The highest BCUT2D eigenvalue weighted by atomic mass is 16.5. The lowest BCUT2D eigenvalue weighted by atomic mass is 9.46. The fourth-order valence-corrected chi connectivity index (χ4v) is 5.80. The lowest BCUT2D eigenvalue weighted by Crippen LogP contribution is -2.55. The standard InChI is InChI=1S/C23H36O4/c1-15(14-21(25)26-7)8-10-18-16(2)9-11-19-22(4,5)20(27-17(3)24)12-13-23(18,19)6/h14,18-20H,2,8-13H2,1,3-7H3. The molecule has 152 valence electrons. The van der Waals surface area contributed by atoms with E-state index in [1.807, 2.05) is 6.92 Å². The summed E-state index contributed by atoms with van der Waals surface area (Å²) in [5, 5.41) is 0. The minimum absolute atomic E-state index is 0.0129. The maximum absolute atomic E-state index is 11.6. The molecule has 0 N–H and O–H groups in total. The van der Waals surface area contributed by atoms with Crippen LogP contribution in [0, 0.1) is 22.7 Å². The van der Waals surface area contributed by atoms with Gasteiger partial charge in [-0.3, -0.25) is 4.79 Å². The first-order valence-electron chi connectivity index (χ1n) is 10.1. The van der Waals surface area contributed by atoms with E-state index >= 15 is 0 Å². The molecule has 0 radical (unpaired) electrons. The van der Waals surface area contributed by atoms with Crippen molar-refractivity contribution in [3.05, 3.63) is 23.8 Å². The Labute approximate surface area is 164 Å². The summed E-state index contributed by atoms with van der Waals surface area (Å²) in [5.74, 6) is 0.442. The van der Waals surface area contributed by atoms with Crippen molar-refractivity contribution >= 4 is 11.9 Å². The Hall–Kier alpha value is -1.58. The van der Waals surface area contributed by atoms with E-state index in [-0.39, 0.29) is 28.9 Å². The molecule has 4 unspecified atom stereocenters. The Morgan fingerprint density at radius 1 is 1.22 bits per heavy atom. The third-order valence-electron chi connectivity index (χ3n) is 7.21. The summed E-state index contributed by atoms with van der Waals surface area (Å²) in [6.07, 6.45) is 7.53. The SMILES string of the molecule is C=C1CCC2C(C)(C)C(OC(C)=O)CCC2(C)C1CCC(C)=CC(=O)OC. The summed E-state index contributed by atoms with van der Waals surface area (Å²) in [7, 11) is 1.41. The summed E-state index contributed by atoms with van der Waals surface area (Å²) in [6.45, 7) is 14.8. The monoisotopic (exact) mass is 376 g/mol. The van der Waals surface area contributed by atoms with Gasteiger partial charge < -0.3 is 9.47 Å². The second-order valence-corrected chi connectivity index (χ2v) is 9.32. The van der Waals surface area contributed by atoms with Gasteiger partial charge in [0.25, 0.3) is 0 Å². The number of hydrogen-bond donors (Lipinski definition) is 0. The zero-order chi connectivity index (χ0) is 20.4. The van der Waals surface area contributed by atoms with Gasteiger partial charge in [0.1, 0.15) is 6.10 Å². The Morgan fingerprint density at radius 3 is 2.48 bits per heavy atom. The number of hydrogen-bond acceptors (Lipinski definition) is 4. The van der Waals surface area contributed by atoms with Crippen molar-refractivity contribution in [3.8, 4) is 0 Å². The van der Waals surface area contributed by atoms with E-state index in [9.17, 15) is 9.59 Å². The molecule has 0 heterocycles. The fraction of sp³-hybridized carbons (Fsp3) is 0.739. The number of carbonyl (C=O) groups is 2. The molecule has 2 fully saturated rings. The van der Waals surface area contributed by atoms with Crippen molar-refractivity contribution in [1.82, 2.24) is 0 Å². The lowest BCUT2D eigenvalue weighted by molar-refractivity contribution is -0.174. The van der Waals surface area contributed by atoms with Gasteiger partial charge in [0.05, 0.1) is 7.11 Å². The fourth-order valence-electron chi connectivity index (χ4n) is 5.80. The molecule has 0 saturated heterocycles. The number of carbonyl (C=O) groups excluding carboxylic acids is 2. The molecule has 0 aromatic carbocycles. The molecule has 0 bridgehead atoms. The van der Waals surface area contributed by atoms with Gasteiger partial charge in [0.15, 0.2) is 0 Å². The highest BCUT2D eigenvalue weighted by Gasteiger charge is 2.56. The molecular formula is C23H36O4.